The molecule has 6 heteroatoms. The van der Waals surface area contributed by atoms with E-state index < -0.39 is 0 Å². The highest BCUT2D eigenvalue weighted by Gasteiger charge is 2.18. The van der Waals surface area contributed by atoms with Crippen molar-refractivity contribution in [2.45, 2.75) is 33.1 Å². The van der Waals surface area contributed by atoms with E-state index in [-0.39, 0.29) is 5.56 Å². The summed E-state index contributed by atoms with van der Waals surface area (Å²) in [5.74, 6) is 0. The molecule has 0 aliphatic carbocycles. The number of aryl methyl sites for hydroxylation is 2. The molecule has 0 bridgehead atoms. The highest BCUT2D eigenvalue weighted by molar-refractivity contribution is 7.20. The second kappa shape index (κ2) is 7.03. The fraction of sp³-hybridized carbons (Fsp3) is 0.350. The molecule has 4 rings (SSSR count). The summed E-state index contributed by atoms with van der Waals surface area (Å²) in [6.45, 7) is 5.88. The van der Waals surface area contributed by atoms with E-state index in [1.165, 1.54) is 32.6 Å². The number of aromatic nitrogens is 3. The zero-order valence-corrected chi connectivity index (χ0v) is 15.9. The van der Waals surface area contributed by atoms with Gasteiger partial charge in [0, 0.05) is 24.8 Å². The predicted octanol–water partition coefficient (Wildman–Crippen LogP) is 3.57. The molecule has 0 saturated heterocycles. The minimum Gasteiger partial charge on any atom is -0.343 e. The monoisotopic (exact) mass is 366 g/mol. The molecule has 0 amide bonds. The highest BCUT2D eigenvalue weighted by atomic mass is 32.1. The van der Waals surface area contributed by atoms with Gasteiger partial charge in [0.1, 0.15) is 0 Å². The second-order valence-corrected chi connectivity index (χ2v) is 7.43. The average molecular weight is 366 g/mol. The molecule has 0 saturated carbocycles. The van der Waals surface area contributed by atoms with E-state index >= 15 is 0 Å². The van der Waals surface area contributed by atoms with Crippen LogP contribution in [0.4, 0.5) is 5.13 Å². The second-order valence-electron chi connectivity index (χ2n) is 6.49. The zero-order valence-electron chi connectivity index (χ0n) is 15.1. The largest absolute Gasteiger partial charge is 0.343 e. The van der Waals surface area contributed by atoms with Crippen LogP contribution < -0.4 is 10.5 Å². The van der Waals surface area contributed by atoms with Gasteiger partial charge in [-0.1, -0.05) is 55.5 Å². The Morgan fingerprint density at radius 3 is 2.62 bits per heavy atom. The molecule has 0 radical (unpaired) electrons. The number of fused-ring (bicyclic) bond motifs is 1. The summed E-state index contributed by atoms with van der Waals surface area (Å²) in [5, 5.41) is 5.35. The molecule has 0 unspecified atom stereocenters. The highest BCUT2D eigenvalue weighted by Crippen LogP contribution is 2.28. The Kier molecular flexibility index (Phi) is 4.59. The van der Waals surface area contributed by atoms with Gasteiger partial charge in [0.25, 0.3) is 5.56 Å². The minimum absolute atomic E-state index is 0.0985. The van der Waals surface area contributed by atoms with Crippen LogP contribution in [0.2, 0.25) is 0 Å². The van der Waals surface area contributed by atoms with Gasteiger partial charge in [-0.15, -0.1) is 5.10 Å². The summed E-state index contributed by atoms with van der Waals surface area (Å²) in [7, 11) is 0. The van der Waals surface area contributed by atoms with Gasteiger partial charge in [0.05, 0.1) is 0 Å². The van der Waals surface area contributed by atoms with Crippen LogP contribution in [0.5, 0.6) is 0 Å². The standard InChI is InChI=1S/C20H22N4OS/c1-3-14-5-7-15(8-6-14)16-9-11-23(12-10-16)20-22-24-18(25)13-17(4-2)21-19(24)26-20/h5-9,13H,3-4,10-12H2,1-2H3. The Morgan fingerprint density at radius 2 is 1.96 bits per heavy atom. The van der Waals surface area contributed by atoms with Crippen LogP contribution in [0.1, 0.15) is 37.1 Å². The molecule has 134 valence electrons. The third kappa shape index (κ3) is 3.17. The maximum absolute atomic E-state index is 12.2. The molecule has 1 aliphatic rings. The molecule has 26 heavy (non-hydrogen) atoms. The van der Waals surface area contributed by atoms with Gasteiger partial charge >= 0.3 is 0 Å². The molecule has 0 spiro atoms. The summed E-state index contributed by atoms with van der Waals surface area (Å²) in [4.78, 5) is 19.6. The van der Waals surface area contributed by atoms with Crippen LogP contribution in [-0.4, -0.2) is 27.7 Å². The SMILES string of the molecule is CCc1ccc(C2=CCN(c3nn4c(=O)cc(CC)nc4s3)CC2)cc1. The van der Waals surface area contributed by atoms with Crippen LogP contribution in [0.3, 0.4) is 0 Å². The van der Waals surface area contributed by atoms with Crippen LogP contribution in [0, 0.1) is 0 Å². The molecule has 3 heterocycles. The molecule has 5 nitrogen and oxygen atoms in total. The summed E-state index contributed by atoms with van der Waals surface area (Å²) in [6, 6.07) is 10.4. The Bertz CT molecular complexity index is 1020. The van der Waals surface area contributed by atoms with E-state index in [0.29, 0.717) is 4.96 Å². The Morgan fingerprint density at radius 1 is 1.15 bits per heavy atom. The van der Waals surface area contributed by atoms with Crippen molar-refractivity contribution in [1.82, 2.24) is 14.6 Å². The lowest BCUT2D eigenvalue weighted by Gasteiger charge is -2.25. The maximum Gasteiger partial charge on any atom is 0.275 e. The van der Waals surface area contributed by atoms with Crippen molar-refractivity contribution in [2.24, 2.45) is 0 Å². The van der Waals surface area contributed by atoms with Crippen molar-refractivity contribution >= 4 is 27.0 Å². The van der Waals surface area contributed by atoms with Gasteiger partial charge in [-0.25, -0.2) is 4.98 Å². The molecule has 1 aromatic carbocycles. The smallest absolute Gasteiger partial charge is 0.275 e. The first-order valence-corrected chi connectivity index (χ1v) is 9.92. The van der Waals surface area contributed by atoms with E-state index in [0.717, 1.165) is 43.2 Å². The fourth-order valence-corrected chi connectivity index (χ4v) is 4.18. The van der Waals surface area contributed by atoms with Crippen molar-refractivity contribution in [3.05, 3.63) is 63.6 Å². The number of rotatable bonds is 4. The first kappa shape index (κ1) is 17.0. The van der Waals surface area contributed by atoms with Crippen LogP contribution >= 0.6 is 11.3 Å². The molecule has 0 N–H and O–H groups in total. The molecule has 0 atom stereocenters. The quantitative estimate of drug-likeness (QED) is 0.708. The number of hydrogen-bond acceptors (Lipinski definition) is 5. The lowest BCUT2D eigenvalue weighted by atomic mass is 9.98. The van der Waals surface area contributed by atoms with Gasteiger partial charge in [-0.05, 0) is 36.0 Å². The fourth-order valence-electron chi connectivity index (χ4n) is 3.21. The number of anilines is 1. The van der Waals surface area contributed by atoms with Gasteiger partial charge in [-0.3, -0.25) is 4.79 Å². The van der Waals surface area contributed by atoms with Crippen molar-refractivity contribution in [1.29, 1.82) is 0 Å². The predicted molar refractivity (Wildman–Crippen MR) is 107 cm³/mol. The summed E-state index contributed by atoms with van der Waals surface area (Å²) < 4.78 is 1.42. The van der Waals surface area contributed by atoms with Crippen LogP contribution in [0.15, 0.2) is 41.2 Å². The van der Waals surface area contributed by atoms with E-state index in [1.54, 1.807) is 6.07 Å². The topological polar surface area (TPSA) is 50.5 Å². The van der Waals surface area contributed by atoms with Crippen LogP contribution in [-0.2, 0) is 12.8 Å². The van der Waals surface area contributed by atoms with Gasteiger partial charge < -0.3 is 4.90 Å². The lowest BCUT2D eigenvalue weighted by molar-refractivity contribution is 0.795. The van der Waals surface area contributed by atoms with E-state index in [1.807, 2.05) is 6.92 Å². The Hall–Kier alpha value is -2.47. The van der Waals surface area contributed by atoms with Gasteiger partial charge in [0.15, 0.2) is 0 Å². The van der Waals surface area contributed by atoms with Gasteiger partial charge in [0.2, 0.25) is 10.1 Å². The number of nitrogens with zero attached hydrogens (tertiary/aromatic N) is 4. The molecular formula is C20H22N4OS. The first-order chi connectivity index (χ1) is 12.7. The Labute approximate surface area is 156 Å². The lowest BCUT2D eigenvalue weighted by Crippen LogP contribution is -2.28. The van der Waals surface area contributed by atoms with Crippen molar-refractivity contribution in [2.75, 3.05) is 18.0 Å². The first-order valence-electron chi connectivity index (χ1n) is 9.11. The van der Waals surface area contributed by atoms with E-state index in [4.69, 9.17) is 0 Å². The summed E-state index contributed by atoms with van der Waals surface area (Å²) in [5.41, 5.74) is 4.77. The third-order valence-electron chi connectivity index (χ3n) is 4.86. The number of benzene rings is 1. The van der Waals surface area contributed by atoms with Crippen molar-refractivity contribution < 1.29 is 0 Å². The normalized spacial score (nSPS) is 14.7. The van der Waals surface area contributed by atoms with Crippen molar-refractivity contribution in [3.63, 3.8) is 0 Å². The third-order valence-corrected chi connectivity index (χ3v) is 5.83. The molecule has 3 aromatic rings. The molecular weight excluding hydrogens is 344 g/mol. The van der Waals surface area contributed by atoms with E-state index in [9.17, 15) is 4.79 Å². The molecule has 1 aliphatic heterocycles. The minimum atomic E-state index is -0.0985. The molecule has 0 fully saturated rings. The van der Waals surface area contributed by atoms with Gasteiger partial charge in [-0.2, -0.15) is 4.52 Å². The van der Waals surface area contributed by atoms with Crippen LogP contribution in [0.25, 0.3) is 10.5 Å². The Balaban J connectivity index is 1.57. The summed E-state index contributed by atoms with van der Waals surface area (Å²) >= 11 is 1.49. The summed E-state index contributed by atoms with van der Waals surface area (Å²) in [6.07, 6.45) is 5.07. The molecule has 2 aromatic heterocycles. The average Bonchev–Trinajstić information content (AvgIpc) is 3.13. The maximum atomic E-state index is 12.2. The van der Waals surface area contributed by atoms with Crippen molar-refractivity contribution in [3.8, 4) is 0 Å². The zero-order chi connectivity index (χ0) is 18.1. The number of hydrogen-bond donors (Lipinski definition) is 0. The van der Waals surface area contributed by atoms with E-state index in [2.05, 4.69) is 52.2 Å².